The quantitative estimate of drug-likeness (QED) is 0.371. The van der Waals surface area contributed by atoms with Crippen molar-refractivity contribution >= 4 is 38.4 Å². The molecular weight excluding hydrogens is 502 g/mol. The number of nitrogens with one attached hydrogen (secondary N) is 2. The third kappa shape index (κ3) is 5.04. The molecule has 1 amide bonds. The fourth-order valence-corrected chi connectivity index (χ4v) is 6.75. The lowest BCUT2D eigenvalue weighted by Gasteiger charge is -2.45. The average Bonchev–Trinajstić information content (AvgIpc) is 3.61. The van der Waals surface area contributed by atoms with Gasteiger partial charge < -0.3 is 14.8 Å². The highest BCUT2D eigenvalue weighted by Crippen LogP contribution is 2.38. The Bertz CT molecular complexity index is 1370. The van der Waals surface area contributed by atoms with E-state index in [9.17, 15) is 4.79 Å². The van der Waals surface area contributed by atoms with Gasteiger partial charge in [0.15, 0.2) is 0 Å². The van der Waals surface area contributed by atoms with Crippen molar-refractivity contribution in [2.45, 2.75) is 44.2 Å². The third-order valence-electron chi connectivity index (χ3n) is 7.72. The number of nitrogens with zero attached hydrogens (tertiary/aromatic N) is 5. The number of benzene rings is 1. The number of aromatic amines is 1. The predicted molar refractivity (Wildman–Crippen MR) is 146 cm³/mol. The SMILES string of the molecule is COC(C)C(=O)NC1CCN(C(c2cc3ncncc3s2)N2CCOC(c3cccc4[nH]ncc34)C2)CC1. The second kappa shape index (κ2) is 11.0. The Morgan fingerprint density at radius 2 is 2.11 bits per heavy atom. The zero-order valence-electron chi connectivity index (χ0n) is 21.7. The number of H-pyrrole nitrogens is 1. The molecule has 2 aliphatic heterocycles. The van der Waals surface area contributed by atoms with Crippen LogP contribution < -0.4 is 5.32 Å². The van der Waals surface area contributed by atoms with E-state index in [1.165, 1.54) is 4.88 Å². The van der Waals surface area contributed by atoms with Gasteiger partial charge in [0, 0.05) is 55.8 Å². The Labute approximate surface area is 225 Å². The minimum atomic E-state index is -0.439. The number of hydrogen-bond acceptors (Lipinski definition) is 9. The molecular formula is C27H33N7O3S. The van der Waals surface area contributed by atoms with Crippen LogP contribution in [-0.4, -0.2) is 87.9 Å². The number of fused-ring (bicyclic) bond motifs is 2. The van der Waals surface area contributed by atoms with Gasteiger partial charge >= 0.3 is 0 Å². The summed E-state index contributed by atoms with van der Waals surface area (Å²) in [7, 11) is 1.56. The molecule has 0 spiro atoms. The summed E-state index contributed by atoms with van der Waals surface area (Å²) < 4.78 is 12.6. The molecule has 2 N–H and O–H groups in total. The molecule has 0 radical (unpaired) electrons. The molecule has 0 aliphatic carbocycles. The number of hydrogen-bond donors (Lipinski definition) is 2. The van der Waals surface area contributed by atoms with Gasteiger partial charge in [-0.05, 0) is 37.5 Å². The first-order valence-electron chi connectivity index (χ1n) is 13.1. The fourth-order valence-electron chi connectivity index (χ4n) is 5.59. The minimum Gasteiger partial charge on any atom is -0.372 e. The zero-order chi connectivity index (χ0) is 26.1. The average molecular weight is 536 g/mol. The predicted octanol–water partition coefficient (Wildman–Crippen LogP) is 3.26. The van der Waals surface area contributed by atoms with Crippen LogP contribution in [0.3, 0.4) is 0 Å². The lowest BCUT2D eigenvalue weighted by Crippen LogP contribution is -2.52. The van der Waals surface area contributed by atoms with E-state index >= 15 is 0 Å². The van der Waals surface area contributed by atoms with Crippen LogP contribution in [0, 0.1) is 0 Å². The summed E-state index contributed by atoms with van der Waals surface area (Å²) in [5.74, 6) is -0.0463. The molecule has 5 heterocycles. The molecule has 2 saturated heterocycles. The number of rotatable bonds is 7. The van der Waals surface area contributed by atoms with Gasteiger partial charge in [0.1, 0.15) is 12.4 Å². The number of thiophene rings is 1. The molecule has 10 nitrogen and oxygen atoms in total. The van der Waals surface area contributed by atoms with Gasteiger partial charge in [0.2, 0.25) is 5.91 Å². The van der Waals surface area contributed by atoms with Crippen molar-refractivity contribution in [1.82, 2.24) is 35.3 Å². The highest BCUT2D eigenvalue weighted by molar-refractivity contribution is 7.19. The molecule has 4 aromatic rings. The summed E-state index contributed by atoms with van der Waals surface area (Å²) >= 11 is 1.76. The number of piperidine rings is 1. The molecule has 3 atom stereocenters. The molecule has 11 heteroatoms. The number of morpholine rings is 1. The van der Waals surface area contributed by atoms with Crippen LogP contribution in [0.5, 0.6) is 0 Å². The summed E-state index contributed by atoms with van der Waals surface area (Å²) in [5, 5.41) is 11.6. The summed E-state index contributed by atoms with van der Waals surface area (Å²) in [6, 6.07) is 8.61. The van der Waals surface area contributed by atoms with E-state index < -0.39 is 6.10 Å². The second-order valence-corrected chi connectivity index (χ2v) is 11.1. The van der Waals surface area contributed by atoms with Crippen molar-refractivity contribution in [3.05, 3.63) is 53.4 Å². The largest absolute Gasteiger partial charge is 0.372 e. The molecule has 2 fully saturated rings. The normalized spacial score (nSPS) is 21.6. The van der Waals surface area contributed by atoms with Crippen molar-refractivity contribution in [3.63, 3.8) is 0 Å². The van der Waals surface area contributed by atoms with Crippen molar-refractivity contribution in [3.8, 4) is 0 Å². The van der Waals surface area contributed by atoms with Crippen LogP contribution in [0.2, 0.25) is 0 Å². The van der Waals surface area contributed by atoms with E-state index in [1.807, 2.05) is 18.5 Å². The van der Waals surface area contributed by atoms with Crippen molar-refractivity contribution < 1.29 is 14.3 Å². The maximum Gasteiger partial charge on any atom is 0.249 e. The van der Waals surface area contributed by atoms with Crippen LogP contribution >= 0.6 is 11.3 Å². The van der Waals surface area contributed by atoms with E-state index in [-0.39, 0.29) is 24.2 Å². The van der Waals surface area contributed by atoms with Gasteiger partial charge in [0.05, 0.1) is 40.8 Å². The monoisotopic (exact) mass is 535 g/mol. The summed E-state index contributed by atoms with van der Waals surface area (Å²) in [6.45, 7) is 5.82. The van der Waals surface area contributed by atoms with Gasteiger partial charge in [-0.3, -0.25) is 19.7 Å². The second-order valence-electron chi connectivity index (χ2n) is 10.0. The summed E-state index contributed by atoms with van der Waals surface area (Å²) in [4.78, 5) is 27.5. The first-order valence-corrected chi connectivity index (χ1v) is 14.0. The van der Waals surface area contributed by atoms with E-state index in [0.717, 1.165) is 65.7 Å². The maximum absolute atomic E-state index is 12.4. The number of ether oxygens (including phenoxy) is 2. The van der Waals surface area contributed by atoms with Crippen LogP contribution in [0.4, 0.5) is 0 Å². The first kappa shape index (κ1) is 25.3. The molecule has 0 bridgehead atoms. The summed E-state index contributed by atoms with van der Waals surface area (Å²) in [5.41, 5.74) is 3.17. The zero-order valence-corrected chi connectivity index (χ0v) is 22.5. The Balaban J connectivity index is 1.25. The van der Waals surface area contributed by atoms with Gasteiger partial charge in [-0.1, -0.05) is 12.1 Å². The number of carbonyl (C=O) groups excluding carboxylic acids is 1. The van der Waals surface area contributed by atoms with Crippen LogP contribution in [0.15, 0.2) is 43.0 Å². The molecule has 38 heavy (non-hydrogen) atoms. The van der Waals surface area contributed by atoms with Crippen molar-refractivity contribution in [2.75, 3.05) is 39.9 Å². The van der Waals surface area contributed by atoms with Crippen LogP contribution in [-0.2, 0) is 14.3 Å². The van der Waals surface area contributed by atoms with Gasteiger partial charge in [-0.25, -0.2) is 9.97 Å². The van der Waals surface area contributed by atoms with Crippen molar-refractivity contribution in [2.24, 2.45) is 0 Å². The smallest absolute Gasteiger partial charge is 0.249 e. The molecule has 2 aliphatic rings. The van der Waals surface area contributed by atoms with Crippen LogP contribution in [0.25, 0.3) is 21.1 Å². The Kier molecular flexibility index (Phi) is 7.35. The third-order valence-corrected chi connectivity index (χ3v) is 8.82. The Morgan fingerprint density at radius 3 is 2.92 bits per heavy atom. The fraction of sp³-hybridized carbons (Fsp3) is 0.481. The van der Waals surface area contributed by atoms with Gasteiger partial charge in [-0.2, -0.15) is 5.10 Å². The highest BCUT2D eigenvalue weighted by Gasteiger charge is 2.36. The molecule has 200 valence electrons. The number of aromatic nitrogens is 4. The number of likely N-dealkylation sites (tertiary alicyclic amines) is 1. The van der Waals surface area contributed by atoms with Crippen molar-refractivity contribution in [1.29, 1.82) is 0 Å². The van der Waals surface area contributed by atoms with Gasteiger partial charge in [0.25, 0.3) is 0 Å². The number of carbonyl (C=O) groups is 1. The van der Waals surface area contributed by atoms with E-state index in [2.05, 4.69) is 53.5 Å². The highest BCUT2D eigenvalue weighted by atomic mass is 32.1. The standard InChI is InChI=1S/C27H33N7O3S/c1-17(36-2)26(35)31-18-6-8-33(9-7-18)27(24-12-22-25(38-24)14-28-16-29-22)34-10-11-37-23(15-34)19-4-3-5-21-20(19)13-30-32-21/h3-5,12-14,16-18,23,27H,6-11,15H2,1-2H3,(H,30,32)(H,31,35). The molecule has 0 saturated carbocycles. The van der Waals surface area contributed by atoms with Crippen LogP contribution in [0.1, 0.15) is 42.5 Å². The van der Waals surface area contributed by atoms with E-state index in [0.29, 0.717) is 6.61 Å². The van der Waals surface area contributed by atoms with E-state index in [4.69, 9.17) is 9.47 Å². The molecule has 3 unspecified atom stereocenters. The first-order chi connectivity index (χ1) is 18.6. The lowest BCUT2D eigenvalue weighted by atomic mass is 10.0. The number of amides is 1. The Hall–Kier alpha value is -2.96. The topological polar surface area (TPSA) is 108 Å². The van der Waals surface area contributed by atoms with E-state index in [1.54, 1.807) is 31.7 Å². The number of methoxy groups -OCH3 is 1. The molecule has 3 aromatic heterocycles. The van der Waals surface area contributed by atoms with Gasteiger partial charge in [-0.15, -0.1) is 11.3 Å². The summed E-state index contributed by atoms with van der Waals surface area (Å²) in [6.07, 6.45) is 6.79. The Morgan fingerprint density at radius 1 is 1.24 bits per heavy atom. The molecule has 6 rings (SSSR count). The minimum absolute atomic E-state index is 0.0463. The lowest BCUT2D eigenvalue weighted by molar-refractivity contribution is -0.131. The maximum atomic E-state index is 12.4. The molecule has 1 aromatic carbocycles.